The van der Waals surface area contributed by atoms with Gasteiger partial charge < -0.3 is 15.4 Å². The van der Waals surface area contributed by atoms with Crippen molar-refractivity contribution in [3.63, 3.8) is 0 Å². The van der Waals surface area contributed by atoms with E-state index in [1.165, 1.54) is 17.5 Å². The molecular formula is C17H16N4O3S. The number of ether oxygens (including phenoxy) is 1. The number of nitrogens with zero attached hydrogens (tertiary/aromatic N) is 2. The number of nitrogens with one attached hydrogen (secondary N) is 2. The number of carbonyl (C=O) groups is 2. The molecule has 0 aliphatic heterocycles. The van der Waals surface area contributed by atoms with Gasteiger partial charge in [0.25, 0.3) is 5.91 Å². The lowest BCUT2D eigenvalue weighted by Crippen LogP contribution is -2.24. The Hall–Kier alpha value is -3.00. The predicted molar refractivity (Wildman–Crippen MR) is 95.7 cm³/mol. The third-order valence-corrected chi connectivity index (χ3v) is 4.15. The molecule has 0 spiro atoms. The molecule has 2 amide bonds. The van der Waals surface area contributed by atoms with Crippen molar-refractivity contribution in [3.8, 4) is 0 Å². The Morgan fingerprint density at radius 2 is 2.08 bits per heavy atom. The molecule has 0 saturated heterocycles. The van der Waals surface area contributed by atoms with Crippen LogP contribution < -0.4 is 10.6 Å². The van der Waals surface area contributed by atoms with E-state index in [0.717, 1.165) is 10.2 Å². The van der Waals surface area contributed by atoms with E-state index in [-0.39, 0.29) is 12.5 Å². The first-order chi connectivity index (χ1) is 12.2. The van der Waals surface area contributed by atoms with Gasteiger partial charge in [-0.25, -0.2) is 9.78 Å². The van der Waals surface area contributed by atoms with Crippen LogP contribution >= 0.6 is 11.3 Å². The summed E-state index contributed by atoms with van der Waals surface area (Å²) < 4.78 is 5.79. The van der Waals surface area contributed by atoms with Gasteiger partial charge in [0.2, 0.25) is 0 Å². The highest BCUT2D eigenvalue weighted by molar-refractivity contribution is 7.16. The molecule has 0 unspecified atom stereocenters. The summed E-state index contributed by atoms with van der Waals surface area (Å²) in [5.74, 6) is -0.247. The third kappa shape index (κ3) is 4.30. The second-order valence-electron chi connectivity index (χ2n) is 5.10. The number of amides is 2. The lowest BCUT2D eigenvalue weighted by Gasteiger charge is -2.08. The Bertz CT molecular complexity index is 910. The zero-order valence-corrected chi connectivity index (χ0v) is 14.3. The summed E-state index contributed by atoms with van der Waals surface area (Å²) in [5, 5.41) is 5.42. The molecule has 2 N–H and O–H groups in total. The lowest BCUT2D eigenvalue weighted by molar-refractivity contribution is 0.102. The molecule has 8 heteroatoms. The van der Waals surface area contributed by atoms with Crippen molar-refractivity contribution in [3.05, 3.63) is 53.3 Å². The van der Waals surface area contributed by atoms with Gasteiger partial charge >= 0.3 is 6.09 Å². The fourth-order valence-corrected chi connectivity index (χ4v) is 2.91. The molecule has 7 nitrogen and oxygen atoms in total. The van der Waals surface area contributed by atoms with Gasteiger partial charge in [0.05, 0.1) is 34.6 Å². The first kappa shape index (κ1) is 16.8. The molecule has 1 aromatic carbocycles. The number of anilines is 1. The molecule has 3 aromatic rings. The van der Waals surface area contributed by atoms with E-state index >= 15 is 0 Å². The fraction of sp³-hybridized carbons (Fsp3) is 0.176. The fourth-order valence-electron chi connectivity index (χ4n) is 2.20. The maximum atomic E-state index is 12.4. The average molecular weight is 356 g/mol. The van der Waals surface area contributed by atoms with E-state index in [1.54, 1.807) is 24.6 Å². The van der Waals surface area contributed by atoms with Crippen molar-refractivity contribution < 1.29 is 14.3 Å². The molecule has 0 saturated carbocycles. The number of hydrogen-bond donors (Lipinski definition) is 2. The van der Waals surface area contributed by atoms with Crippen LogP contribution in [0.1, 0.15) is 23.0 Å². The number of benzene rings is 1. The number of fused-ring (bicyclic) bond motifs is 1. The van der Waals surface area contributed by atoms with Crippen molar-refractivity contribution in [1.29, 1.82) is 0 Å². The Morgan fingerprint density at radius 1 is 1.20 bits per heavy atom. The highest BCUT2D eigenvalue weighted by Crippen LogP contribution is 2.22. The summed E-state index contributed by atoms with van der Waals surface area (Å²) in [6.45, 7) is 2.21. The van der Waals surface area contributed by atoms with Gasteiger partial charge in [0.15, 0.2) is 0 Å². The number of carbonyl (C=O) groups excluding carboxylic acids is 2. The first-order valence-electron chi connectivity index (χ1n) is 7.66. The second kappa shape index (κ2) is 7.71. The van der Waals surface area contributed by atoms with Gasteiger partial charge in [-0.15, -0.1) is 11.3 Å². The predicted octanol–water partition coefficient (Wildman–Crippen LogP) is 3.19. The van der Waals surface area contributed by atoms with Gasteiger partial charge in [-0.1, -0.05) is 0 Å². The molecule has 0 bridgehead atoms. The van der Waals surface area contributed by atoms with Crippen molar-refractivity contribution >= 4 is 39.2 Å². The van der Waals surface area contributed by atoms with E-state index in [2.05, 4.69) is 20.6 Å². The quantitative estimate of drug-likeness (QED) is 0.732. The van der Waals surface area contributed by atoms with Crippen molar-refractivity contribution in [1.82, 2.24) is 15.3 Å². The number of hydrogen-bond acceptors (Lipinski definition) is 6. The molecule has 128 valence electrons. The molecule has 25 heavy (non-hydrogen) atoms. The minimum Gasteiger partial charge on any atom is -0.450 e. The van der Waals surface area contributed by atoms with Crippen molar-refractivity contribution in [2.45, 2.75) is 13.5 Å². The highest BCUT2D eigenvalue weighted by atomic mass is 32.1. The minimum atomic E-state index is -0.517. The van der Waals surface area contributed by atoms with E-state index in [4.69, 9.17) is 4.74 Å². The zero-order valence-electron chi connectivity index (χ0n) is 13.5. The Labute approximate surface area is 148 Å². The van der Waals surface area contributed by atoms with E-state index < -0.39 is 6.09 Å². The summed E-state index contributed by atoms with van der Waals surface area (Å²) in [4.78, 5) is 32.1. The molecule has 2 aromatic heterocycles. The van der Waals surface area contributed by atoms with Gasteiger partial charge in [-0.3, -0.25) is 9.78 Å². The molecule has 0 atom stereocenters. The number of aromatic nitrogens is 2. The monoisotopic (exact) mass is 356 g/mol. The molecule has 0 aliphatic carbocycles. The Morgan fingerprint density at radius 3 is 2.92 bits per heavy atom. The molecular weight excluding hydrogens is 340 g/mol. The molecule has 3 rings (SSSR count). The van der Waals surface area contributed by atoms with Crippen LogP contribution in [0.4, 0.5) is 10.5 Å². The minimum absolute atomic E-state index is 0.187. The molecule has 2 heterocycles. The van der Waals surface area contributed by atoms with Crippen LogP contribution in [0.2, 0.25) is 0 Å². The summed E-state index contributed by atoms with van der Waals surface area (Å²) in [7, 11) is 0. The van der Waals surface area contributed by atoms with Crippen LogP contribution in [0.15, 0.2) is 42.0 Å². The summed E-state index contributed by atoms with van der Waals surface area (Å²) >= 11 is 1.52. The van der Waals surface area contributed by atoms with E-state index in [9.17, 15) is 9.59 Å². The van der Waals surface area contributed by atoms with Crippen LogP contribution in [-0.2, 0) is 11.3 Å². The highest BCUT2D eigenvalue weighted by Gasteiger charge is 2.09. The van der Waals surface area contributed by atoms with Crippen LogP contribution in [0.5, 0.6) is 0 Å². The van der Waals surface area contributed by atoms with Gasteiger partial charge in [-0.2, -0.15) is 0 Å². The number of thiazole rings is 1. The number of pyridine rings is 1. The van der Waals surface area contributed by atoms with Gasteiger partial charge in [0, 0.05) is 17.4 Å². The third-order valence-electron chi connectivity index (χ3n) is 3.36. The summed E-state index contributed by atoms with van der Waals surface area (Å²) in [6, 6.07) is 8.81. The van der Waals surface area contributed by atoms with E-state index in [1.807, 2.05) is 18.2 Å². The summed E-state index contributed by atoms with van der Waals surface area (Å²) in [6.07, 6.45) is 1.01. The maximum absolute atomic E-state index is 12.4. The lowest BCUT2D eigenvalue weighted by atomic mass is 10.2. The topological polar surface area (TPSA) is 93.2 Å². The van der Waals surface area contributed by atoms with Crippen molar-refractivity contribution in [2.24, 2.45) is 0 Å². The van der Waals surface area contributed by atoms with Crippen LogP contribution in [0.3, 0.4) is 0 Å². The summed E-state index contributed by atoms with van der Waals surface area (Å²) in [5.41, 5.74) is 4.39. The largest absolute Gasteiger partial charge is 0.450 e. The van der Waals surface area contributed by atoms with Crippen molar-refractivity contribution in [2.75, 3.05) is 11.9 Å². The van der Waals surface area contributed by atoms with Crippen LogP contribution in [-0.4, -0.2) is 28.6 Å². The maximum Gasteiger partial charge on any atom is 0.407 e. The SMILES string of the molecule is CCOC(=O)NCc1cc(C(=O)Nc2ccc3ncsc3c2)ccn1. The Balaban J connectivity index is 1.67. The smallest absolute Gasteiger partial charge is 0.407 e. The Kier molecular flexibility index (Phi) is 5.20. The van der Waals surface area contributed by atoms with Crippen LogP contribution in [0.25, 0.3) is 10.2 Å². The second-order valence-corrected chi connectivity index (χ2v) is 5.99. The zero-order chi connectivity index (χ0) is 17.6. The van der Waals surface area contributed by atoms with E-state index in [0.29, 0.717) is 23.6 Å². The number of alkyl carbamates (subject to hydrolysis) is 1. The van der Waals surface area contributed by atoms with Gasteiger partial charge in [0.1, 0.15) is 0 Å². The van der Waals surface area contributed by atoms with Gasteiger partial charge in [-0.05, 0) is 37.3 Å². The van der Waals surface area contributed by atoms with Crippen LogP contribution in [0, 0.1) is 0 Å². The standard InChI is InChI=1S/C17H16N4O3S/c1-2-24-17(23)19-9-13-7-11(5-6-18-13)16(22)21-12-3-4-14-15(8-12)25-10-20-14/h3-8,10H,2,9H2,1H3,(H,19,23)(H,21,22). The molecule has 0 fully saturated rings. The molecule has 0 radical (unpaired) electrons. The molecule has 0 aliphatic rings. The normalized spacial score (nSPS) is 10.4. The average Bonchev–Trinajstić information content (AvgIpc) is 3.08. The first-order valence-corrected chi connectivity index (χ1v) is 8.54. The number of rotatable bonds is 5.